The van der Waals surface area contributed by atoms with Gasteiger partial charge in [0, 0.05) is 23.8 Å². The van der Waals surface area contributed by atoms with Crippen molar-refractivity contribution in [1.82, 2.24) is 0 Å². The molecule has 1 aliphatic rings. The first-order chi connectivity index (χ1) is 15.3. The molecule has 10 heteroatoms. The van der Waals surface area contributed by atoms with Crippen LogP contribution >= 0.6 is 0 Å². The monoisotopic (exact) mass is 446 g/mol. The number of aliphatic hydroxyl groups is 4. The molecule has 1 saturated heterocycles. The summed E-state index contributed by atoms with van der Waals surface area (Å²) in [4.78, 5) is 12.6. The van der Waals surface area contributed by atoms with Gasteiger partial charge in [0.25, 0.3) is 0 Å². The van der Waals surface area contributed by atoms with Gasteiger partial charge in [-0.25, -0.2) is 0 Å². The first-order valence-corrected chi connectivity index (χ1v) is 9.75. The van der Waals surface area contributed by atoms with E-state index in [2.05, 4.69) is 0 Å². The van der Waals surface area contributed by atoms with Crippen LogP contribution in [0.5, 0.6) is 17.2 Å². The molecule has 5 N–H and O–H groups in total. The molecule has 170 valence electrons. The number of aromatic hydroxyl groups is 1. The van der Waals surface area contributed by atoms with Gasteiger partial charge >= 0.3 is 0 Å². The zero-order valence-electron chi connectivity index (χ0n) is 16.9. The summed E-state index contributed by atoms with van der Waals surface area (Å²) >= 11 is 0. The third-order valence-electron chi connectivity index (χ3n) is 5.26. The Morgan fingerprint density at radius 3 is 2.34 bits per heavy atom. The van der Waals surface area contributed by atoms with Crippen molar-refractivity contribution in [3.05, 3.63) is 52.7 Å². The largest absolute Gasteiger partial charge is 0.507 e. The van der Waals surface area contributed by atoms with Crippen molar-refractivity contribution in [2.75, 3.05) is 13.7 Å². The summed E-state index contributed by atoms with van der Waals surface area (Å²) in [6.45, 7) is -0.617. The van der Waals surface area contributed by atoms with Gasteiger partial charge < -0.3 is 44.2 Å². The molecular weight excluding hydrogens is 424 g/mol. The highest BCUT2D eigenvalue weighted by atomic mass is 16.7. The third-order valence-corrected chi connectivity index (χ3v) is 5.26. The molecule has 1 aromatic heterocycles. The molecule has 4 rings (SSSR count). The SMILES string of the molecule is COc1ccc(-c2cc(=O)c3c(O)cc(O[C@@H]4O[C@H](CO)[C@H](O)[C@H](O)[C@H]4O)cc3o2)cc1. The second-order valence-electron chi connectivity index (χ2n) is 7.33. The Bertz CT molecular complexity index is 1150. The number of hydrogen-bond donors (Lipinski definition) is 5. The number of phenols is 1. The van der Waals surface area contributed by atoms with Crippen LogP contribution in [-0.4, -0.2) is 70.0 Å². The maximum Gasteiger partial charge on any atom is 0.229 e. The van der Waals surface area contributed by atoms with Gasteiger partial charge in [0.05, 0.1) is 13.7 Å². The molecule has 3 aromatic rings. The van der Waals surface area contributed by atoms with Crippen molar-refractivity contribution in [3.63, 3.8) is 0 Å². The second-order valence-corrected chi connectivity index (χ2v) is 7.33. The van der Waals surface area contributed by atoms with Crippen LogP contribution in [-0.2, 0) is 4.74 Å². The fraction of sp³-hybridized carbons (Fsp3) is 0.318. The van der Waals surface area contributed by atoms with Gasteiger partial charge in [0.2, 0.25) is 6.29 Å². The molecule has 0 bridgehead atoms. The first-order valence-electron chi connectivity index (χ1n) is 9.75. The van der Waals surface area contributed by atoms with E-state index in [1.165, 1.54) is 19.2 Å². The van der Waals surface area contributed by atoms with Crippen LogP contribution in [0.1, 0.15) is 0 Å². The molecule has 0 amide bonds. The molecule has 2 heterocycles. The van der Waals surface area contributed by atoms with E-state index in [0.29, 0.717) is 11.3 Å². The molecule has 0 aliphatic carbocycles. The second kappa shape index (κ2) is 8.77. The number of hydrogen-bond acceptors (Lipinski definition) is 10. The minimum absolute atomic E-state index is 0.0166. The first kappa shape index (κ1) is 22.1. The van der Waals surface area contributed by atoms with Crippen molar-refractivity contribution in [2.45, 2.75) is 30.7 Å². The van der Waals surface area contributed by atoms with E-state index in [9.17, 15) is 30.3 Å². The molecule has 2 aromatic carbocycles. The highest BCUT2D eigenvalue weighted by Crippen LogP contribution is 2.33. The number of methoxy groups -OCH3 is 1. The lowest BCUT2D eigenvalue weighted by atomic mass is 9.99. The predicted molar refractivity (Wildman–Crippen MR) is 111 cm³/mol. The molecule has 32 heavy (non-hydrogen) atoms. The van der Waals surface area contributed by atoms with Crippen LogP contribution < -0.4 is 14.9 Å². The molecule has 10 nitrogen and oxygen atoms in total. The molecule has 1 aliphatic heterocycles. The molecular formula is C22H22O10. The maximum atomic E-state index is 12.6. The van der Waals surface area contributed by atoms with Gasteiger partial charge in [-0.3, -0.25) is 4.79 Å². The summed E-state index contributed by atoms with van der Waals surface area (Å²) in [6, 6.07) is 10.5. The van der Waals surface area contributed by atoms with Crippen molar-refractivity contribution >= 4 is 11.0 Å². The Morgan fingerprint density at radius 2 is 1.69 bits per heavy atom. The van der Waals surface area contributed by atoms with E-state index in [-0.39, 0.29) is 22.5 Å². The van der Waals surface area contributed by atoms with Crippen molar-refractivity contribution < 1.29 is 44.2 Å². The van der Waals surface area contributed by atoms with Crippen molar-refractivity contribution in [1.29, 1.82) is 0 Å². The van der Waals surface area contributed by atoms with Crippen LogP contribution in [0, 0.1) is 0 Å². The lowest BCUT2D eigenvalue weighted by molar-refractivity contribution is -0.277. The summed E-state index contributed by atoms with van der Waals surface area (Å²) in [5, 5.41) is 49.6. The molecule has 0 radical (unpaired) electrons. The zero-order valence-corrected chi connectivity index (χ0v) is 16.9. The highest BCUT2D eigenvalue weighted by molar-refractivity contribution is 5.86. The van der Waals surface area contributed by atoms with Gasteiger partial charge in [-0.15, -0.1) is 0 Å². The molecule has 0 saturated carbocycles. The minimum atomic E-state index is -1.64. The number of benzene rings is 2. The van der Waals surface area contributed by atoms with E-state index in [4.69, 9.17) is 18.6 Å². The minimum Gasteiger partial charge on any atom is -0.507 e. The van der Waals surface area contributed by atoms with Gasteiger partial charge in [0.15, 0.2) is 5.43 Å². The van der Waals surface area contributed by atoms with Gasteiger partial charge in [-0.1, -0.05) is 0 Å². The van der Waals surface area contributed by atoms with E-state index in [1.54, 1.807) is 24.3 Å². The van der Waals surface area contributed by atoms with Crippen LogP contribution in [0.4, 0.5) is 0 Å². The Hall–Kier alpha value is -3.15. The number of ether oxygens (including phenoxy) is 3. The quantitative estimate of drug-likeness (QED) is 0.370. The molecule has 1 fully saturated rings. The predicted octanol–water partition coefficient (Wildman–Crippen LogP) is 0.353. The fourth-order valence-corrected chi connectivity index (χ4v) is 3.51. The topological polar surface area (TPSA) is 159 Å². The van der Waals surface area contributed by atoms with Crippen LogP contribution in [0.15, 0.2) is 51.7 Å². The normalized spacial score (nSPS) is 25.6. The third kappa shape index (κ3) is 4.01. The van der Waals surface area contributed by atoms with Gasteiger partial charge in [-0.05, 0) is 24.3 Å². The highest BCUT2D eigenvalue weighted by Gasteiger charge is 2.44. The molecule has 0 spiro atoms. The van der Waals surface area contributed by atoms with E-state index >= 15 is 0 Å². The average molecular weight is 446 g/mol. The standard InChI is InChI=1S/C22H22O10/c1-29-11-4-2-10(3-5-11)15-8-14(25)18-13(24)6-12(7-16(18)31-15)30-22-21(28)20(27)19(26)17(9-23)32-22/h2-8,17,19-24,26-28H,9H2,1H3/t17-,19+,20+,21-,22-/m1/s1. The maximum absolute atomic E-state index is 12.6. The molecule has 0 unspecified atom stereocenters. The summed E-state index contributed by atoms with van der Waals surface area (Å²) in [6.07, 6.45) is -7.42. The van der Waals surface area contributed by atoms with Crippen molar-refractivity contribution in [3.8, 4) is 28.6 Å². The number of aliphatic hydroxyl groups excluding tert-OH is 4. The lowest BCUT2D eigenvalue weighted by Gasteiger charge is -2.39. The van der Waals surface area contributed by atoms with Crippen LogP contribution in [0.2, 0.25) is 0 Å². The average Bonchev–Trinajstić information content (AvgIpc) is 2.79. The smallest absolute Gasteiger partial charge is 0.229 e. The lowest BCUT2D eigenvalue weighted by Crippen LogP contribution is -2.60. The number of rotatable bonds is 5. The van der Waals surface area contributed by atoms with Crippen LogP contribution in [0.3, 0.4) is 0 Å². The van der Waals surface area contributed by atoms with Crippen molar-refractivity contribution in [2.24, 2.45) is 0 Å². The Kier molecular flexibility index (Phi) is 6.04. The van der Waals surface area contributed by atoms with E-state index in [0.717, 1.165) is 6.07 Å². The van der Waals surface area contributed by atoms with Gasteiger partial charge in [0.1, 0.15) is 58.4 Å². The summed E-state index contributed by atoms with van der Waals surface area (Å²) in [7, 11) is 1.53. The summed E-state index contributed by atoms with van der Waals surface area (Å²) in [5.74, 6) is 0.422. The summed E-state index contributed by atoms with van der Waals surface area (Å²) in [5.41, 5.74) is 0.140. The Morgan fingerprint density at radius 1 is 0.969 bits per heavy atom. The fourth-order valence-electron chi connectivity index (χ4n) is 3.51. The van der Waals surface area contributed by atoms with Crippen LogP contribution in [0.25, 0.3) is 22.3 Å². The Balaban J connectivity index is 1.69. The Labute approximate surface area is 181 Å². The number of fused-ring (bicyclic) bond motifs is 1. The zero-order chi connectivity index (χ0) is 23.0. The summed E-state index contributed by atoms with van der Waals surface area (Å²) < 4.78 is 21.8. The number of phenolic OH excluding ortho intramolecular Hbond substituents is 1. The van der Waals surface area contributed by atoms with E-state index < -0.39 is 48.5 Å². The molecule has 5 atom stereocenters. The van der Waals surface area contributed by atoms with E-state index in [1.807, 2.05) is 0 Å². The van der Waals surface area contributed by atoms with Gasteiger partial charge in [-0.2, -0.15) is 0 Å².